The van der Waals surface area contributed by atoms with Gasteiger partial charge in [0.2, 0.25) is 0 Å². The monoisotopic (exact) mass is 338 g/mol. The molecule has 12 heavy (non-hydrogen) atoms. The van der Waals surface area contributed by atoms with E-state index in [1.165, 1.54) is 0 Å². The van der Waals surface area contributed by atoms with Crippen LogP contribution in [0, 0.1) is 3.57 Å². The summed E-state index contributed by atoms with van der Waals surface area (Å²) >= 11 is 5.44. The van der Waals surface area contributed by atoms with Gasteiger partial charge in [0, 0.05) is 9.13 Å². The predicted molar refractivity (Wildman–Crippen MR) is 61.9 cm³/mol. The molecule has 1 aromatic rings. The second kappa shape index (κ2) is 4.37. The average molecular weight is 339 g/mol. The van der Waals surface area contributed by atoms with Gasteiger partial charge in [0.25, 0.3) is 0 Å². The van der Waals surface area contributed by atoms with Gasteiger partial charge < -0.3 is 0 Å². The van der Waals surface area contributed by atoms with Crippen molar-refractivity contribution in [3.8, 4) is 0 Å². The number of Topliss-reactive ketones (excluding diaryl/α,β-unsaturated/α-hetero) is 1. The van der Waals surface area contributed by atoms with Crippen molar-refractivity contribution in [2.24, 2.45) is 0 Å². The SMILES string of the molecule is CC(Br)C(=O)c1cccc(I)c1. The highest BCUT2D eigenvalue weighted by atomic mass is 127. The third kappa shape index (κ3) is 2.55. The summed E-state index contributed by atoms with van der Waals surface area (Å²) in [6, 6.07) is 7.59. The number of carbonyl (C=O) groups excluding carboxylic acids is 1. The Morgan fingerprint density at radius 3 is 2.75 bits per heavy atom. The van der Waals surface area contributed by atoms with Crippen LogP contribution in [0.25, 0.3) is 0 Å². The van der Waals surface area contributed by atoms with Gasteiger partial charge in [0.05, 0.1) is 4.83 Å². The molecule has 0 aromatic heterocycles. The molecule has 0 heterocycles. The highest BCUT2D eigenvalue weighted by Crippen LogP contribution is 2.12. The Hall–Kier alpha value is 0.100. The zero-order valence-corrected chi connectivity index (χ0v) is 10.3. The molecule has 64 valence electrons. The van der Waals surface area contributed by atoms with E-state index in [1.807, 2.05) is 31.2 Å². The Morgan fingerprint density at radius 2 is 2.25 bits per heavy atom. The van der Waals surface area contributed by atoms with Gasteiger partial charge in [-0.2, -0.15) is 0 Å². The molecule has 1 rings (SSSR count). The zero-order valence-electron chi connectivity index (χ0n) is 6.55. The minimum Gasteiger partial charge on any atom is -0.293 e. The number of benzene rings is 1. The van der Waals surface area contributed by atoms with E-state index in [1.54, 1.807) is 0 Å². The number of hydrogen-bond acceptors (Lipinski definition) is 1. The maximum Gasteiger partial charge on any atom is 0.176 e. The van der Waals surface area contributed by atoms with Crippen LogP contribution in [0.3, 0.4) is 0 Å². The number of carbonyl (C=O) groups is 1. The van der Waals surface area contributed by atoms with E-state index in [-0.39, 0.29) is 10.6 Å². The molecular weight excluding hydrogens is 331 g/mol. The van der Waals surface area contributed by atoms with Gasteiger partial charge in [-0.1, -0.05) is 28.1 Å². The van der Waals surface area contributed by atoms with E-state index < -0.39 is 0 Å². The molecule has 0 saturated heterocycles. The number of alkyl halides is 1. The van der Waals surface area contributed by atoms with Gasteiger partial charge in [-0.3, -0.25) is 4.79 Å². The van der Waals surface area contributed by atoms with Crippen molar-refractivity contribution in [3.63, 3.8) is 0 Å². The van der Waals surface area contributed by atoms with E-state index in [4.69, 9.17) is 0 Å². The highest BCUT2D eigenvalue weighted by Gasteiger charge is 2.10. The summed E-state index contributed by atoms with van der Waals surface area (Å²) in [4.78, 5) is 11.3. The number of halogens is 2. The number of rotatable bonds is 2. The first kappa shape index (κ1) is 10.2. The van der Waals surface area contributed by atoms with Crippen molar-refractivity contribution in [1.29, 1.82) is 0 Å². The van der Waals surface area contributed by atoms with Gasteiger partial charge in [-0.05, 0) is 41.6 Å². The lowest BCUT2D eigenvalue weighted by Crippen LogP contribution is -2.09. The van der Waals surface area contributed by atoms with Crippen LogP contribution in [0.5, 0.6) is 0 Å². The van der Waals surface area contributed by atoms with Crippen molar-refractivity contribution in [2.45, 2.75) is 11.8 Å². The van der Waals surface area contributed by atoms with E-state index >= 15 is 0 Å². The molecular formula is C9H8BrIO. The van der Waals surface area contributed by atoms with Crippen molar-refractivity contribution in [3.05, 3.63) is 33.4 Å². The molecule has 0 spiro atoms. The third-order valence-corrected chi connectivity index (χ3v) is 2.56. The van der Waals surface area contributed by atoms with Crippen LogP contribution in [0.2, 0.25) is 0 Å². The first-order chi connectivity index (χ1) is 5.61. The van der Waals surface area contributed by atoms with Gasteiger partial charge in [0.15, 0.2) is 5.78 Å². The van der Waals surface area contributed by atoms with Gasteiger partial charge in [0.1, 0.15) is 0 Å². The molecule has 0 radical (unpaired) electrons. The third-order valence-electron chi connectivity index (χ3n) is 1.47. The lowest BCUT2D eigenvalue weighted by Gasteiger charge is -2.02. The topological polar surface area (TPSA) is 17.1 Å². The summed E-state index contributed by atoms with van der Waals surface area (Å²) in [5.41, 5.74) is 0.770. The normalized spacial score (nSPS) is 12.6. The zero-order chi connectivity index (χ0) is 9.14. The summed E-state index contributed by atoms with van der Waals surface area (Å²) in [5, 5.41) is 0. The standard InChI is InChI=1S/C9H8BrIO/c1-6(10)9(12)7-3-2-4-8(11)5-7/h2-6H,1H3. The Kier molecular flexibility index (Phi) is 3.71. The minimum absolute atomic E-state index is 0.101. The second-order valence-corrected chi connectivity index (χ2v) is 5.11. The largest absolute Gasteiger partial charge is 0.293 e. The molecule has 0 fully saturated rings. The maximum absolute atomic E-state index is 11.4. The predicted octanol–water partition coefficient (Wildman–Crippen LogP) is 3.26. The molecule has 0 bridgehead atoms. The lowest BCUT2D eigenvalue weighted by molar-refractivity contribution is 0.0996. The number of ketones is 1. The summed E-state index contributed by atoms with van der Waals surface area (Å²) in [6.45, 7) is 1.84. The van der Waals surface area contributed by atoms with Gasteiger partial charge >= 0.3 is 0 Å². The molecule has 1 atom stereocenters. The second-order valence-electron chi connectivity index (χ2n) is 2.49. The highest BCUT2D eigenvalue weighted by molar-refractivity contribution is 14.1. The first-order valence-corrected chi connectivity index (χ1v) is 5.54. The Bertz CT molecular complexity index is 296. The van der Waals surface area contributed by atoms with E-state index in [0.717, 1.165) is 9.13 Å². The molecule has 0 N–H and O–H groups in total. The van der Waals surface area contributed by atoms with Crippen LogP contribution in [-0.2, 0) is 0 Å². The molecule has 0 amide bonds. The molecule has 1 nitrogen and oxygen atoms in total. The van der Waals surface area contributed by atoms with Gasteiger partial charge in [-0.25, -0.2) is 0 Å². The summed E-state index contributed by atoms with van der Waals surface area (Å²) in [6.07, 6.45) is 0. The van der Waals surface area contributed by atoms with Crippen molar-refractivity contribution >= 4 is 44.3 Å². The summed E-state index contributed by atoms with van der Waals surface area (Å²) in [7, 11) is 0. The molecule has 0 aliphatic rings. The van der Waals surface area contributed by atoms with E-state index in [2.05, 4.69) is 38.5 Å². The van der Waals surface area contributed by atoms with Crippen molar-refractivity contribution in [1.82, 2.24) is 0 Å². The molecule has 0 aliphatic heterocycles. The Morgan fingerprint density at radius 1 is 1.58 bits per heavy atom. The van der Waals surface area contributed by atoms with Crippen LogP contribution < -0.4 is 0 Å². The van der Waals surface area contributed by atoms with Crippen LogP contribution in [0.15, 0.2) is 24.3 Å². The Balaban J connectivity index is 2.96. The molecule has 3 heteroatoms. The summed E-state index contributed by atoms with van der Waals surface area (Å²) in [5.74, 6) is 0.133. The molecule has 1 unspecified atom stereocenters. The first-order valence-electron chi connectivity index (χ1n) is 3.55. The van der Waals surface area contributed by atoms with Crippen molar-refractivity contribution < 1.29 is 4.79 Å². The fraction of sp³-hybridized carbons (Fsp3) is 0.222. The van der Waals surface area contributed by atoms with E-state index in [9.17, 15) is 4.79 Å². The Labute approximate surface area is 93.8 Å². The summed E-state index contributed by atoms with van der Waals surface area (Å²) < 4.78 is 1.09. The van der Waals surface area contributed by atoms with Gasteiger partial charge in [-0.15, -0.1) is 0 Å². The minimum atomic E-state index is -0.101. The smallest absolute Gasteiger partial charge is 0.176 e. The fourth-order valence-corrected chi connectivity index (χ4v) is 1.68. The fourth-order valence-electron chi connectivity index (χ4n) is 0.871. The van der Waals surface area contributed by atoms with Crippen LogP contribution in [0.4, 0.5) is 0 Å². The number of hydrogen-bond donors (Lipinski definition) is 0. The lowest BCUT2D eigenvalue weighted by atomic mass is 10.1. The molecule has 0 saturated carbocycles. The van der Waals surface area contributed by atoms with Crippen LogP contribution >= 0.6 is 38.5 Å². The maximum atomic E-state index is 11.4. The van der Waals surface area contributed by atoms with Crippen LogP contribution in [-0.4, -0.2) is 10.6 Å². The molecule has 1 aromatic carbocycles. The average Bonchev–Trinajstić information content (AvgIpc) is 2.03. The van der Waals surface area contributed by atoms with Crippen LogP contribution in [0.1, 0.15) is 17.3 Å². The molecule has 0 aliphatic carbocycles. The van der Waals surface area contributed by atoms with Crippen molar-refractivity contribution in [2.75, 3.05) is 0 Å². The quantitative estimate of drug-likeness (QED) is 0.459. The van der Waals surface area contributed by atoms with E-state index in [0.29, 0.717) is 0 Å².